The number of ether oxygens (including phenoxy) is 2. The predicted molar refractivity (Wildman–Crippen MR) is 131 cm³/mol. The molecular weight excluding hydrogens is 406 g/mol. The maximum atomic E-state index is 7.36. The van der Waals surface area contributed by atoms with Crippen LogP contribution in [0.2, 0.25) is 0 Å². The minimum absolute atomic E-state index is 0.0416. The summed E-state index contributed by atoms with van der Waals surface area (Å²) >= 11 is 0. The zero-order chi connectivity index (χ0) is 23.6. The van der Waals surface area contributed by atoms with Crippen LogP contribution in [-0.2, 0) is 11.3 Å². The molecule has 9 heteroatoms. The normalized spacial score (nSPS) is 10.6. The SMILES string of the molecule is CN.N=Cc1ccc(COCCCNC(N)=NCCCOc2ccc(C(=N)N)cc2)cc1. The number of aliphatic imine (C=N–C) groups is 1. The van der Waals surface area contributed by atoms with Crippen molar-refractivity contribution < 1.29 is 9.47 Å². The van der Waals surface area contributed by atoms with Crippen molar-refractivity contribution in [2.75, 3.05) is 33.4 Å². The average Bonchev–Trinajstić information content (AvgIpc) is 2.83. The number of nitrogens with zero attached hydrogens (tertiary/aromatic N) is 1. The van der Waals surface area contributed by atoms with Crippen molar-refractivity contribution in [1.29, 1.82) is 10.8 Å². The first-order valence-electron chi connectivity index (χ1n) is 10.4. The number of nitrogens with one attached hydrogen (secondary N) is 3. The molecule has 174 valence electrons. The summed E-state index contributed by atoms with van der Waals surface area (Å²) < 4.78 is 11.3. The first-order valence-corrected chi connectivity index (χ1v) is 10.4. The van der Waals surface area contributed by atoms with Crippen molar-refractivity contribution in [3.8, 4) is 5.75 Å². The lowest BCUT2D eigenvalue weighted by atomic mass is 10.1. The largest absolute Gasteiger partial charge is 0.494 e. The first-order chi connectivity index (χ1) is 15.6. The Morgan fingerprint density at radius 1 is 1.00 bits per heavy atom. The molecule has 0 spiro atoms. The molecule has 2 aromatic carbocycles. The predicted octanol–water partition coefficient (Wildman–Crippen LogP) is 1.82. The summed E-state index contributed by atoms with van der Waals surface area (Å²) in [5.41, 5.74) is 18.4. The van der Waals surface area contributed by atoms with Crippen molar-refractivity contribution in [3.63, 3.8) is 0 Å². The molecule has 0 aromatic heterocycles. The van der Waals surface area contributed by atoms with Gasteiger partial charge in [-0.2, -0.15) is 0 Å². The molecule has 0 unspecified atom stereocenters. The fraction of sp³-hybridized carbons (Fsp3) is 0.348. The van der Waals surface area contributed by atoms with E-state index < -0.39 is 0 Å². The molecular formula is C23H35N7O2. The molecule has 0 aliphatic heterocycles. The number of hydrogen-bond acceptors (Lipinski definition) is 6. The average molecular weight is 442 g/mol. The van der Waals surface area contributed by atoms with Crippen LogP contribution in [0.1, 0.15) is 29.5 Å². The third-order valence-electron chi connectivity index (χ3n) is 4.21. The summed E-state index contributed by atoms with van der Waals surface area (Å²) in [7, 11) is 1.50. The third-order valence-corrected chi connectivity index (χ3v) is 4.21. The van der Waals surface area contributed by atoms with Gasteiger partial charge in [-0.15, -0.1) is 0 Å². The summed E-state index contributed by atoms with van der Waals surface area (Å²) in [5.74, 6) is 1.20. The van der Waals surface area contributed by atoms with Crippen LogP contribution in [-0.4, -0.2) is 51.4 Å². The maximum Gasteiger partial charge on any atom is 0.188 e. The van der Waals surface area contributed by atoms with Crippen molar-refractivity contribution in [2.24, 2.45) is 22.2 Å². The van der Waals surface area contributed by atoms with Gasteiger partial charge in [0.1, 0.15) is 11.6 Å². The van der Waals surface area contributed by atoms with E-state index in [0.717, 1.165) is 29.7 Å². The van der Waals surface area contributed by atoms with E-state index >= 15 is 0 Å². The Morgan fingerprint density at radius 2 is 1.69 bits per heavy atom. The van der Waals surface area contributed by atoms with Crippen LogP contribution in [0, 0.1) is 10.8 Å². The molecule has 0 radical (unpaired) electrons. The molecule has 0 amide bonds. The van der Waals surface area contributed by atoms with Crippen molar-refractivity contribution in [1.82, 2.24) is 5.32 Å². The minimum Gasteiger partial charge on any atom is -0.494 e. The Kier molecular flexibility index (Phi) is 13.5. The lowest BCUT2D eigenvalue weighted by Crippen LogP contribution is -2.33. The summed E-state index contributed by atoms with van der Waals surface area (Å²) in [6.07, 6.45) is 2.90. The number of guanidine groups is 1. The van der Waals surface area contributed by atoms with Gasteiger partial charge in [-0.25, -0.2) is 0 Å². The van der Waals surface area contributed by atoms with Gasteiger partial charge < -0.3 is 37.4 Å². The molecule has 9 nitrogen and oxygen atoms in total. The van der Waals surface area contributed by atoms with Gasteiger partial charge in [-0.05, 0) is 48.9 Å². The third kappa shape index (κ3) is 11.1. The number of rotatable bonds is 13. The van der Waals surface area contributed by atoms with E-state index in [2.05, 4.69) is 16.0 Å². The summed E-state index contributed by atoms with van der Waals surface area (Å²) in [4.78, 5) is 4.27. The lowest BCUT2D eigenvalue weighted by molar-refractivity contribution is 0.119. The molecule has 0 heterocycles. The van der Waals surface area contributed by atoms with Crippen molar-refractivity contribution in [3.05, 3.63) is 65.2 Å². The Hall–Kier alpha value is -3.43. The Bertz CT molecular complexity index is 821. The number of nitrogen functional groups attached to an aromatic ring is 1. The molecule has 32 heavy (non-hydrogen) atoms. The molecule has 0 saturated heterocycles. The van der Waals surface area contributed by atoms with Gasteiger partial charge in [-0.1, -0.05) is 24.3 Å². The second-order valence-corrected chi connectivity index (χ2v) is 6.63. The smallest absolute Gasteiger partial charge is 0.188 e. The highest BCUT2D eigenvalue weighted by atomic mass is 16.5. The second kappa shape index (κ2) is 16.3. The second-order valence-electron chi connectivity index (χ2n) is 6.63. The van der Waals surface area contributed by atoms with Crippen LogP contribution in [0.4, 0.5) is 0 Å². The quantitative estimate of drug-likeness (QED) is 0.157. The Balaban J connectivity index is 0.00000249. The van der Waals surface area contributed by atoms with Crippen molar-refractivity contribution in [2.45, 2.75) is 19.4 Å². The van der Waals surface area contributed by atoms with Gasteiger partial charge in [0.2, 0.25) is 0 Å². The Labute approximate surface area is 190 Å². The van der Waals surface area contributed by atoms with E-state index in [1.807, 2.05) is 24.3 Å². The van der Waals surface area contributed by atoms with Crippen LogP contribution < -0.4 is 27.3 Å². The summed E-state index contributed by atoms with van der Waals surface area (Å²) in [5, 5.41) is 17.6. The van der Waals surface area contributed by atoms with Crippen LogP contribution in [0.15, 0.2) is 53.5 Å². The van der Waals surface area contributed by atoms with Crippen LogP contribution in [0.25, 0.3) is 0 Å². The number of nitrogens with two attached hydrogens (primary N) is 3. The van der Waals surface area contributed by atoms with E-state index in [-0.39, 0.29) is 5.84 Å². The fourth-order valence-corrected chi connectivity index (χ4v) is 2.53. The molecule has 2 rings (SSSR count). The van der Waals surface area contributed by atoms with Gasteiger partial charge in [0.05, 0.1) is 13.2 Å². The summed E-state index contributed by atoms with van der Waals surface area (Å²) in [6.45, 7) is 2.99. The number of benzene rings is 2. The molecule has 0 bridgehead atoms. The molecule has 0 atom stereocenters. The van der Waals surface area contributed by atoms with E-state index in [0.29, 0.717) is 44.4 Å². The van der Waals surface area contributed by atoms with E-state index in [1.54, 1.807) is 24.3 Å². The first kappa shape index (κ1) is 26.6. The monoisotopic (exact) mass is 441 g/mol. The highest BCUT2D eigenvalue weighted by molar-refractivity contribution is 5.94. The Morgan fingerprint density at radius 3 is 2.31 bits per heavy atom. The van der Waals surface area contributed by atoms with Gasteiger partial charge in [0.25, 0.3) is 0 Å². The highest BCUT2D eigenvalue weighted by Crippen LogP contribution is 2.12. The highest BCUT2D eigenvalue weighted by Gasteiger charge is 1.98. The lowest BCUT2D eigenvalue weighted by Gasteiger charge is -2.08. The van der Waals surface area contributed by atoms with E-state index in [4.69, 9.17) is 31.8 Å². The molecule has 0 aliphatic carbocycles. The molecule has 9 N–H and O–H groups in total. The molecule has 0 saturated carbocycles. The van der Waals surface area contributed by atoms with Gasteiger partial charge in [-0.3, -0.25) is 10.4 Å². The molecule has 0 aliphatic rings. The topological polar surface area (TPSA) is 169 Å². The van der Waals surface area contributed by atoms with Gasteiger partial charge in [0, 0.05) is 37.9 Å². The standard InChI is InChI=1S/C22H30N6O2.CH5N/c23-15-17-3-5-18(6-4-17)16-29-13-1-11-27-22(26)28-12-2-14-30-20-9-7-19(8-10-20)21(24)25;1-2/h3-10,15,23H,1-2,11-14,16H2,(H3,24,25)(H3,26,27,28);2H2,1H3. The van der Waals surface area contributed by atoms with E-state index in [1.165, 1.54) is 13.3 Å². The molecule has 0 fully saturated rings. The van der Waals surface area contributed by atoms with E-state index in [9.17, 15) is 0 Å². The zero-order valence-corrected chi connectivity index (χ0v) is 18.6. The number of amidine groups is 1. The van der Waals surface area contributed by atoms with Crippen molar-refractivity contribution >= 4 is 18.0 Å². The van der Waals surface area contributed by atoms with Crippen LogP contribution in [0.5, 0.6) is 5.75 Å². The van der Waals surface area contributed by atoms with Gasteiger partial charge >= 0.3 is 0 Å². The fourth-order valence-electron chi connectivity index (χ4n) is 2.53. The van der Waals surface area contributed by atoms with Crippen LogP contribution in [0.3, 0.4) is 0 Å². The minimum atomic E-state index is 0.0416. The molecule has 2 aromatic rings. The maximum absolute atomic E-state index is 7.36. The van der Waals surface area contributed by atoms with Gasteiger partial charge in [0.15, 0.2) is 5.96 Å². The number of hydrogen-bond donors (Lipinski definition) is 6. The van der Waals surface area contributed by atoms with Crippen LogP contribution >= 0.6 is 0 Å². The zero-order valence-electron chi connectivity index (χ0n) is 18.6. The summed E-state index contributed by atoms with van der Waals surface area (Å²) in [6, 6.07) is 14.8.